The molecule has 0 fully saturated rings. The molecule has 2 rings (SSSR count). The number of halogens is 4. The van der Waals surface area contributed by atoms with Crippen molar-refractivity contribution in [2.75, 3.05) is 7.05 Å². The van der Waals surface area contributed by atoms with Gasteiger partial charge in [0.2, 0.25) is 0 Å². The van der Waals surface area contributed by atoms with Crippen molar-refractivity contribution in [2.45, 2.75) is 6.04 Å². The first-order chi connectivity index (χ1) is 8.54. The molecule has 2 aromatic rings. The van der Waals surface area contributed by atoms with Gasteiger partial charge in [-0.3, -0.25) is 0 Å². The van der Waals surface area contributed by atoms with Gasteiger partial charge in [-0.15, -0.1) is 11.3 Å². The normalized spacial score (nSPS) is 12.7. The quantitative estimate of drug-likeness (QED) is 0.713. The molecule has 1 unspecified atom stereocenters. The van der Waals surface area contributed by atoms with Crippen LogP contribution in [-0.2, 0) is 0 Å². The monoisotopic (exact) mass is 411 g/mol. The molecule has 18 heavy (non-hydrogen) atoms. The van der Waals surface area contributed by atoms with Gasteiger partial charge < -0.3 is 5.32 Å². The van der Waals surface area contributed by atoms with Crippen molar-refractivity contribution in [1.82, 2.24) is 5.32 Å². The summed E-state index contributed by atoms with van der Waals surface area (Å²) in [5, 5.41) is 3.12. The Labute approximate surface area is 131 Å². The summed E-state index contributed by atoms with van der Waals surface area (Å²) in [6.07, 6.45) is 0. The average molecular weight is 414 g/mol. The molecular weight excluding hydrogens is 404 g/mol. The first-order valence-electron chi connectivity index (χ1n) is 5.10. The second kappa shape index (κ2) is 6.01. The van der Waals surface area contributed by atoms with Crippen molar-refractivity contribution in [1.29, 1.82) is 0 Å². The third-order valence-electron chi connectivity index (χ3n) is 2.53. The number of thiophene rings is 1. The molecule has 0 aliphatic rings. The van der Waals surface area contributed by atoms with Crippen LogP contribution in [0.5, 0.6) is 0 Å². The molecule has 0 aliphatic carbocycles. The molecule has 1 nitrogen and oxygen atoms in total. The van der Waals surface area contributed by atoms with Crippen molar-refractivity contribution in [3.63, 3.8) is 0 Å². The fourth-order valence-corrected chi connectivity index (χ4v) is 4.15. The van der Waals surface area contributed by atoms with Gasteiger partial charge in [-0.2, -0.15) is 0 Å². The molecule has 0 aliphatic heterocycles. The number of hydrogen-bond acceptors (Lipinski definition) is 2. The van der Waals surface area contributed by atoms with Crippen LogP contribution in [0.25, 0.3) is 0 Å². The summed E-state index contributed by atoms with van der Waals surface area (Å²) in [6.45, 7) is 0. The molecule has 1 heterocycles. The highest BCUT2D eigenvalue weighted by Gasteiger charge is 2.21. The van der Waals surface area contributed by atoms with E-state index in [0.717, 1.165) is 13.8 Å². The fraction of sp³-hybridized carbons (Fsp3) is 0.167. The molecule has 0 saturated carbocycles. The highest BCUT2D eigenvalue weighted by atomic mass is 79.9. The molecule has 1 aromatic carbocycles. The summed E-state index contributed by atoms with van der Waals surface area (Å²) in [4.78, 5) is 0.958. The molecule has 0 saturated heterocycles. The van der Waals surface area contributed by atoms with Gasteiger partial charge in [0.15, 0.2) is 0 Å². The smallest absolute Gasteiger partial charge is 0.129 e. The van der Waals surface area contributed by atoms with Crippen molar-refractivity contribution >= 4 is 54.8 Å². The van der Waals surface area contributed by atoms with Gasteiger partial charge in [0.05, 0.1) is 6.04 Å². The first kappa shape index (κ1) is 14.5. The molecule has 1 aromatic heterocycles. The predicted octanol–water partition coefficient (Wildman–Crippen LogP) is 5.37. The molecule has 0 amide bonds. The minimum Gasteiger partial charge on any atom is -0.309 e. The van der Waals surface area contributed by atoms with E-state index >= 15 is 0 Å². The zero-order valence-corrected chi connectivity index (χ0v) is 14.1. The van der Waals surface area contributed by atoms with Gasteiger partial charge >= 0.3 is 0 Å². The lowest BCUT2D eigenvalue weighted by molar-refractivity contribution is 0.577. The van der Waals surface area contributed by atoms with E-state index in [0.29, 0.717) is 9.90 Å². The number of hydrogen-bond donors (Lipinski definition) is 1. The Hall–Kier alpha value is 0.0600. The molecule has 0 radical (unpaired) electrons. The van der Waals surface area contributed by atoms with Crippen molar-refractivity contribution in [3.05, 3.63) is 53.8 Å². The van der Waals surface area contributed by atoms with E-state index in [1.54, 1.807) is 13.1 Å². The van der Waals surface area contributed by atoms with Crippen LogP contribution in [0, 0.1) is 5.82 Å². The van der Waals surface area contributed by atoms with E-state index in [1.165, 1.54) is 17.4 Å². The summed E-state index contributed by atoms with van der Waals surface area (Å²) >= 11 is 14.2. The SMILES string of the molecule is CNC(c1cc(Br)c(Cl)s1)c1c(F)cccc1Br. The van der Waals surface area contributed by atoms with E-state index in [2.05, 4.69) is 37.2 Å². The van der Waals surface area contributed by atoms with Gasteiger partial charge in [0.1, 0.15) is 10.2 Å². The van der Waals surface area contributed by atoms with Gasteiger partial charge in [0.25, 0.3) is 0 Å². The van der Waals surface area contributed by atoms with Crippen LogP contribution in [0.1, 0.15) is 16.5 Å². The van der Waals surface area contributed by atoms with Crippen LogP contribution in [-0.4, -0.2) is 7.05 Å². The average Bonchev–Trinajstić information content (AvgIpc) is 2.64. The summed E-state index contributed by atoms with van der Waals surface area (Å²) in [5.74, 6) is -0.246. The summed E-state index contributed by atoms with van der Waals surface area (Å²) in [6, 6.07) is 6.64. The van der Waals surface area contributed by atoms with Crippen LogP contribution in [0.15, 0.2) is 33.2 Å². The third-order valence-corrected chi connectivity index (χ3v) is 5.76. The van der Waals surface area contributed by atoms with E-state index in [4.69, 9.17) is 11.6 Å². The van der Waals surface area contributed by atoms with Gasteiger partial charge in [-0.1, -0.05) is 33.6 Å². The highest BCUT2D eigenvalue weighted by Crippen LogP contribution is 2.39. The van der Waals surface area contributed by atoms with Crippen LogP contribution in [0.4, 0.5) is 4.39 Å². The Bertz CT molecular complexity index is 533. The molecule has 6 heteroatoms. The lowest BCUT2D eigenvalue weighted by atomic mass is 10.1. The Morgan fingerprint density at radius 3 is 2.56 bits per heavy atom. The minimum atomic E-state index is -0.246. The van der Waals surface area contributed by atoms with E-state index in [-0.39, 0.29) is 11.9 Å². The van der Waals surface area contributed by atoms with Gasteiger partial charge in [-0.05, 0) is 41.2 Å². The summed E-state index contributed by atoms with van der Waals surface area (Å²) in [7, 11) is 1.80. The Kier molecular flexibility index (Phi) is 4.83. The molecule has 0 bridgehead atoms. The molecule has 96 valence electrons. The van der Waals surface area contributed by atoms with Gasteiger partial charge in [-0.25, -0.2) is 4.39 Å². The van der Waals surface area contributed by atoms with Crippen molar-refractivity contribution in [2.24, 2.45) is 0 Å². The maximum atomic E-state index is 14.0. The standard InChI is InChI=1S/C12H9Br2ClFNS/c1-17-11(9-5-7(14)12(15)18-9)10-6(13)3-2-4-8(10)16/h2-5,11,17H,1H3. The van der Waals surface area contributed by atoms with E-state index in [1.807, 2.05) is 12.1 Å². The molecular formula is C12H9Br2ClFNS. The van der Waals surface area contributed by atoms with Crippen LogP contribution in [0.2, 0.25) is 4.34 Å². The number of benzene rings is 1. The van der Waals surface area contributed by atoms with Crippen LogP contribution < -0.4 is 5.32 Å². The second-order valence-electron chi connectivity index (χ2n) is 3.63. The first-order valence-corrected chi connectivity index (χ1v) is 7.88. The largest absolute Gasteiger partial charge is 0.309 e. The zero-order chi connectivity index (χ0) is 13.3. The van der Waals surface area contributed by atoms with Crippen LogP contribution in [0.3, 0.4) is 0 Å². The third kappa shape index (κ3) is 2.80. The predicted molar refractivity (Wildman–Crippen MR) is 82.0 cm³/mol. The molecule has 1 N–H and O–H groups in total. The van der Waals surface area contributed by atoms with E-state index in [9.17, 15) is 4.39 Å². The lowest BCUT2D eigenvalue weighted by Gasteiger charge is -2.17. The maximum Gasteiger partial charge on any atom is 0.129 e. The topological polar surface area (TPSA) is 12.0 Å². The number of nitrogens with one attached hydrogen (secondary N) is 1. The van der Waals surface area contributed by atoms with Crippen molar-refractivity contribution < 1.29 is 4.39 Å². The second-order valence-corrected chi connectivity index (χ2v) is 7.02. The Morgan fingerprint density at radius 1 is 1.33 bits per heavy atom. The van der Waals surface area contributed by atoms with Crippen LogP contribution >= 0.6 is 54.8 Å². The van der Waals surface area contributed by atoms with Crippen molar-refractivity contribution in [3.8, 4) is 0 Å². The maximum absolute atomic E-state index is 14.0. The summed E-state index contributed by atoms with van der Waals surface area (Å²) in [5.41, 5.74) is 0.588. The summed E-state index contributed by atoms with van der Waals surface area (Å²) < 4.78 is 16.2. The fourth-order valence-electron chi connectivity index (χ4n) is 1.72. The van der Waals surface area contributed by atoms with Gasteiger partial charge in [0, 0.05) is 19.4 Å². The molecule has 1 atom stereocenters. The lowest BCUT2D eigenvalue weighted by Crippen LogP contribution is -2.18. The zero-order valence-electron chi connectivity index (χ0n) is 9.31. The Morgan fingerprint density at radius 2 is 2.06 bits per heavy atom. The molecule has 0 spiro atoms. The minimum absolute atomic E-state index is 0.227. The number of rotatable bonds is 3. The Balaban J connectivity index is 2.52. The van der Waals surface area contributed by atoms with E-state index < -0.39 is 0 Å². The highest BCUT2D eigenvalue weighted by molar-refractivity contribution is 9.10.